The van der Waals surface area contributed by atoms with Crippen LogP contribution in [0.3, 0.4) is 0 Å². The van der Waals surface area contributed by atoms with Crippen LogP contribution in [-0.2, 0) is 0 Å². The maximum absolute atomic E-state index is 11.9. The number of nitrogens with zero attached hydrogens (tertiary/aromatic N) is 1. The third kappa shape index (κ3) is 2.64. The summed E-state index contributed by atoms with van der Waals surface area (Å²) >= 11 is 3.25. The Balaban J connectivity index is 2.22. The highest BCUT2D eigenvalue weighted by Crippen LogP contribution is 2.29. The van der Waals surface area contributed by atoms with Crippen LogP contribution in [0.1, 0.15) is 23.2 Å². The number of halogens is 1. The fourth-order valence-corrected chi connectivity index (χ4v) is 2.12. The Labute approximate surface area is 113 Å². The minimum atomic E-state index is -1.07. The van der Waals surface area contributed by atoms with Gasteiger partial charge in [-0.25, -0.2) is 9.59 Å². The second kappa shape index (κ2) is 4.97. The summed E-state index contributed by atoms with van der Waals surface area (Å²) in [6.07, 6.45) is 2.01. The van der Waals surface area contributed by atoms with E-state index in [9.17, 15) is 9.59 Å². The zero-order valence-electron chi connectivity index (χ0n) is 9.81. The first-order chi connectivity index (χ1) is 8.50. The first-order valence-corrected chi connectivity index (χ1v) is 6.35. The first kappa shape index (κ1) is 12.9. The van der Waals surface area contributed by atoms with Crippen LogP contribution in [0, 0.1) is 0 Å². The molecule has 1 aliphatic rings. The van der Waals surface area contributed by atoms with Gasteiger partial charge in [-0.2, -0.15) is 0 Å². The van der Waals surface area contributed by atoms with E-state index in [0.717, 1.165) is 12.8 Å². The Kier molecular flexibility index (Phi) is 3.56. The number of para-hydroxylation sites is 1. The van der Waals surface area contributed by atoms with E-state index in [1.54, 1.807) is 24.1 Å². The molecule has 0 unspecified atom stereocenters. The molecular formula is C12H13BrN2O3. The normalized spacial score (nSPS) is 14.1. The highest BCUT2D eigenvalue weighted by molar-refractivity contribution is 9.10. The minimum absolute atomic E-state index is 0.0712. The fourth-order valence-electron chi connectivity index (χ4n) is 1.65. The monoisotopic (exact) mass is 312 g/mol. The van der Waals surface area contributed by atoms with Crippen molar-refractivity contribution < 1.29 is 14.7 Å². The molecule has 6 heteroatoms. The number of anilines is 1. The average molecular weight is 313 g/mol. The fraction of sp³-hybridized carbons (Fsp3) is 0.333. The van der Waals surface area contributed by atoms with Gasteiger partial charge in [0.15, 0.2) is 0 Å². The maximum Gasteiger partial charge on any atom is 0.337 e. The number of amides is 2. The molecule has 1 fully saturated rings. The maximum atomic E-state index is 11.9. The number of aromatic carboxylic acids is 1. The van der Waals surface area contributed by atoms with E-state index in [2.05, 4.69) is 21.2 Å². The molecule has 2 rings (SSSR count). The molecule has 0 saturated heterocycles. The zero-order chi connectivity index (χ0) is 13.3. The standard InChI is InChI=1S/C12H13BrN2O3/c1-15(7-5-6-7)12(18)14-10-8(11(16)17)3-2-4-9(10)13/h2-4,7H,5-6H2,1H3,(H,14,18)(H,16,17). The zero-order valence-corrected chi connectivity index (χ0v) is 11.4. The van der Waals surface area contributed by atoms with Crippen LogP contribution in [0.2, 0.25) is 0 Å². The molecule has 0 radical (unpaired) electrons. The number of carboxylic acids is 1. The molecule has 2 amide bonds. The molecule has 1 saturated carbocycles. The Bertz CT molecular complexity index is 500. The van der Waals surface area contributed by atoms with Crippen molar-refractivity contribution in [2.24, 2.45) is 0 Å². The third-order valence-corrected chi connectivity index (χ3v) is 3.55. The van der Waals surface area contributed by atoms with Crippen molar-refractivity contribution >= 4 is 33.6 Å². The van der Waals surface area contributed by atoms with Crippen molar-refractivity contribution in [3.05, 3.63) is 28.2 Å². The quantitative estimate of drug-likeness (QED) is 0.901. The van der Waals surface area contributed by atoms with Gasteiger partial charge < -0.3 is 15.3 Å². The van der Waals surface area contributed by atoms with E-state index < -0.39 is 5.97 Å². The lowest BCUT2D eigenvalue weighted by Crippen LogP contribution is -2.33. The Morgan fingerprint density at radius 1 is 1.44 bits per heavy atom. The molecule has 0 spiro atoms. The molecule has 5 nitrogen and oxygen atoms in total. The molecule has 0 bridgehead atoms. The van der Waals surface area contributed by atoms with Gasteiger partial charge in [-0.1, -0.05) is 6.07 Å². The van der Waals surface area contributed by atoms with Crippen molar-refractivity contribution in [3.8, 4) is 0 Å². The molecule has 0 aromatic heterocycles. The van der Waals surface area contributed by atoms with Gasteiger partial charge in [-0.05, 0) is 40.9 Å². The number of carbonyl (C=O) groups excluding carboxylic acids is 1. The molecular weight excluding hydrogens is 300 g/mol. The molecule has 0 atom stereocenters. The summed E-state index contributed by atoms with van der Waals surface area (Å²) < 4.78 is 0.556. The van der Waals surface area contributed by atoms with E-state index in [0.29, 0.717) is 10.2 Å². The Morgan fingerprint density at radius 3 is 2.67 bits per heavy atom. The molecule has 18 heavy (non-hydrogen) atoms. The molecule has 1 aliphatic carbocycles. The van der Waals surface area contributed by atoms with Gasteiger partial charge in [0.25, 0.3) is 0 Å². The van der Waals surface area contributed by atoms with Crippen molar-refractivity contribution in [2.45, 2.75) is 18.9 Å². The first-order valence-electron chi connectivity index (χ1n) is 5.56. The van der Waals surface area contributed by atoms with Crippen LogP contribution >= 0.6 is 15.9 Å². The second-order valence-electron chi connectivity index (χ2n) is 4.24. The van der Waals surface area contributed by atoms with Gasteiger partial charge in [0.1, 0.15) is 0 Å². The van der Waals surface area contributed by atoms with E-state index in [1.807, 2.05) is 0 Å². The number of carboxylic acid groups (broad SMARTS) is 1. The van der Waals surface area contributed by atoms with Gasteiger partial charge in [0.2, 0.25) is 0 Å². The highest BCUT2D eigenvalue weighted by Gasteiger charge is 2.30. The van der Waals surface area contributed by atoms with E-state index in [4.69, 9.17) is 5.11 Å². The summed E-state index contributed by atoms with van der Waals surface area (Å²) in [6.45, 7) is 0. The summed E-state index contributed by atoms with van der Waals surface area (Å²) in [7, 11) is 1.71. The summed E-state index contributed by atoms with van der Waals surface area (Å²) in [5.74, 6) is -1.07. The topological polar surface area (TPSA) is 69.6 Å². The Morgan fingerprint density at radius 2 is 2.11 bits per heavy atom. The lowest BCUT2D eigenvalue weighted by molar-refractivity contribution is 0.0698. The predicted octanol–water partition coefficient (Wildman–Crippen LogP) is 2.77. The lowest BCUT2D eigenvalue weighted by atomic mass is 10.2. The largest absolute Gasteiger partial charge is 0.478 e. The molecule has 96 valence electrons. The smallest absolute Gasteiger partial charge is 0.337 e. The second-order valence-corrected chi connectivity index (χ2v) is 5.09. The van der Waals surface area contributed by atoms with Crippen molar-refractivity contribution in [1.82, 2.24) is 4.90 Å². The molecule has 1 aromatic rings. The third-order valence-electron chi connectivity index (χ3n) is 2.89. The van der Waals surface area contributed by atoms with Gasteiger partial charge in [0, 0.05) is 17.6 Å². The van der Waals surface area contributed by atoms with E-state index >= 15 is 0 Å². The SMILES string of the molecule is CN(C(=O)Nc1c(Br)cccc1C(=O)O)C1CC1. The number of carbonyl (C=O) groups is 2. The minimum Gasteiger partial charge on any atom is -0.478 e. The van der Waals surface area contributed by atoms with E-state index in [1.165, 1.54) is 6.07 Å². The van der Waals surface area contributed by atoms with Crippen molar-refractivity contribution in [1.29, 1.82) is 0 Å². The average Bonchev–Trinajstić information content (AvgIpc) is 3.14. The molecule has 2 N–H and O–H groups in total. The van der Waals surface area contributed by atoms with Crippen LogP contribution in [-0.4, -0.2) is 35.1 Å². The summed E-state index contributed by atoms with van der Waals surface area (Å²) in [5.41, 5.74) is 0.365. The van der Waals surface area contributed by atoms with Crippen LogP contribution in [0.4, 0.5) is 10.5 Å². The van der Waals surface area contributed by atoms with Crippen molar-refractivity contribution in [3.63, 3.8) is 0 Å². The summed E-state index contributed by atoms with van der Waals surface area (Å²) in [5, 5.41) is 11.7. The number of benzene rings is 1. The van der Waals surface area contributed by atoms with Gasteiger partial charge in [-0.3, -0.25) is 0 Å². The number of hydrogen-bond donors (Lipinski definition) is 2. The van der Waals surface area contributed by atoms with Gasteiger partial charge in [-0.15, -0.1) is 0 Å². The lowest BCUT2D eigenvalue weighted by Gasteiger charge is -2.18. The highest BCUT2D eigenvalue weighted by atomic mass is 79.9. The summed E-state index contributed by atoms with van der Waals surface area (Å²) in [4.78, 5) is 24.6. The van der Waals surface area contributed by atoms with Crippen molar-refractivity contribution in [2.75, 3.05) is 12.4 Å². The van der Waals surface area contributed by atoms with Gasteiger partial charge >= 0.3 is 12.0 Å². The predicted molar refractivity (Wildman–Crippen MR) is 70.9 cm³/mol. The molecule has 0 heterocycles. The van der Waals surface area contributed by atoms with Crippen LogP contribution < -0.4 is 5.32 Å². The summed E-state index contributed by atoms with van der Waals surface area (Å²) in [6, 6.07) is 4.76. The van der Waals surface area contributed by atoms with Gasteiger partial charge in [0.05, 0.1) is 11.3 Å². The Hall–Kier alpha value is -1.56. The molecule has 1 aromatic carbocycles. The van der Waals surface area contributed by atoms with Crippen LogP contribution in [0.15, 0.2) is 22.7 Å². The number of rotatable bonds is 3. The van der Waals surface area contributed by atoms with E-state index in [-0.39, 0.29) is 17.6 Å². The van der Waals surface area contributed by atoms with Crippen LogP contribution in [0.25, 0.3) is 0 Å². The molecule has 0 aliphatic heterocycles. The number of hydrogen-bond acceptors (Lipinski definition) is 2. The van der Waals surface area contributed by atoms with Crippen LogP contribution in [0.5, 0.6) is 0 Å². The number of nitrogens with one attached hydrogen (secondary N) is 1. The number of urea groups is 1.